The van der Waals surface area contributed by atoms with E-state index in [4.69, 9.17) is 5.73 Å². The fourth-order valence-electron chi connectivity index (χ4n) is 6.51. The Kier molecular flexibility index (Phi) is 9.78. The largest absolute Gasteiger partial charge is 0.330 e. The number of sulfonamides is 1. The van der Waals surface area contributed by atoms with E-state index in [1.54, 1.807) is 30.3 Å². The monoisotopic (exact) mass is 615 g/mol. The van der Waals surface area contributed by atoms with Gasteiger partial charge in [0.15, 0.2) is 5.78 Å². The predicted molar refractivity (Wildman–Crippen MR) is 172 cm³/mol. The van der Waals surface area contributed by atoms with Gasteiger partial charge in [0.1, 0.15) is 5.78 Å². The maximum absolute atomic E-state index is 13.7. The summed E-state index contributed by atoms with van der Waals surface area (Å²) >= 11 is 0. The molecule has 0 spiro atoms. The molecule has 0 heterocycles. The third kappa shape index (κ3) is 7.17. The minimum Gasteiger partial charge on any atom is -0.330 e. The summed E-state index contributed by atoms with van der Waals surface area (Å²) in [5.74, 6) is -0.0786. The summed E-state index contributed by atoms with van der Waals surface area (Å²) in [5.41, 5.74) is 11.8. The van der Waals surface area contributed by atoms with Crippen LogP contribution in [-0.2, 0) is 32.5 Å². The molecule has 1 amide bonds. The van der Waals surface area contributed by atoms with E-state index < -0.39 is 15.9 Å². The number of rotatable bonds is 11. The molecule has 0 aliphatic heterocycles. The Labute approximate surface area is 259 Å². The van der Waals surface area contributed by atoms with E-state index in [-0.39, 0.29) is 34.7 Å². The lowest BCUT2D eigenvalue weighted by atomic mass is 9.77. The van der Waals surface area contributed by atoms with E-state index in [1.807, 2.05) is 37.3 Å². The van der Waals surface area contributed by atoms with Crippen molar-refractivity contribution in [2.45, 2.75) is 63.2 Å². The molecule has 1 atom stereocenters. The molecule has 5 rings (SSSR count). The maximum Gasteiger partial charge on any atom is 0.240 e. The van der Waals surface area contributed by atoms with E-state index in [9.17, 15) is 22.8 Å². The van der Waals surface area contributed by atoms with E-state index >= 15 is 0 Å². The molecule has 0 radical (unpaired) electrons. The number of benzene rings is 3. The quantitative estimate of drug-likeness (QED) is 0.271. The van der Waals surface area contributed by atoms with Crippen LogP contribution in [0.2, 0.25) is 0 Å². The molecular weight excluding hydrogens is 574 g/mol. The van der Waals surface area contributed by atoms with Gasteiger partial charge >= 0.3 is 0 Å². The molecule has 9 heteroatoms. The Morgan fingerprint density at radius 2 is 1.64 bits per heavy atom. The van der Waals surface area contributed by atoms with Gasteiger partial charge in [0.2, 0.25) is 15.9 Å². The van der Waals surface area contributed by atoms with Crippen molar-refractivity contribution in [1.29, 1.82) is 0 Å². The van der Waals surface area contributed by atoms with Gasteiger partial charge in [0.05, 0.1) is 4.90 Å². The summed E-state index contributed by atoms with van der Waals surface area (Å²) in [6.45, 7) is 2.52. The summed E-state index contributed by atoms with van der Waals surface area (Å²) in [6.07, 6.45) is 5.25. The fourth-order valence-corrected chi connectivity index (χ4v) is 7.33. The zero-order valence-corrected chi connectivity index (χ0v) is 26.2. The standard InChI is InChI=1S/C35H41N3O5S/c1-22-17-30(44(42,43)37-2)13-15-31(22)25-7-3-23(4-8-25)18-28(20-34(40)26-9-5-24(21-36)6-10-26)35(41)38-29-12-14-32-27(19-29)11-16-33(32)39/h3-4,7-8,12-15,17,19,24,26,28,37H,5-6,9-11,16,18,20-21,36H2,1-2H3,(H,38,41)/t24?,26?,28-/m1/s1. The number of Topliss-reactive ketones (excluding diaryl/α,β-unsaturated/α-hetero) is 2. The van der Waals surface area contributed by atoms with Gasteiger partial charge < -0.3 is 11.1 Å². The summed E-state index contributed by atoms with van der Waals surface area (Å²) in [6, 6.07) is 18.3. The van der Waals surface area contributed by atoms with Gasteiger partial charge in [-0.1, -0.05) is 30.3 Å². The molecule has 8 nitrogen and oxygen atoms in total. The van der Waals surface area contributed by atoms with E-state index in [1.165, 1.54) is 7.05 Å². The van der Waals surface area contributed by atoms with Crippen molar-refractivity contribution in [3.8, 4) is 11.1 Å². The number of nitrogens with two attached hydrogens (primary N) is 1. The summed E-state index contributed by atoms with van der Waals surface area (Å²) in [7, 11) is -2.15. The van der Waals surface area contributed by atoms with Crippen molar-refractivity contribution in [2.75, 3.05) is 18.9 Å². The average Bonchev–Trinajstić information content (AvgIpc) is 3.40. The number of ketones is 2. The first-order valence-corrected chi connectivity index (χ1v) is 16.9. The number of carbonyl (C=O) groups is 3. The molecule has 3 aromatic carbocycles. The minimum absolute atomic E-state index is 0.0425. The first-order valence-electron chi connectivity index (χ1n) is 15.4. The molecule has 2 aliphatic rings. The second-order valence-electron chi connectivity index (χ2n) is 12.2. The highest BCUT2D eigenvalue weighted by Gasteiger charge is 2.30. The smallest absolute Gasteiger partial charge is 0.240 e. The number of amides is 1. The molecule has 0 bridgehead atoms. The Bertz CT molecular complexity index is 1660. The zero-order chi connectivity index (χ0) is 31.4. The van der Waals surface area contributed by atoms with Crippen LogP contribution in [0, 0.1) is 24.7 Å². The number of hydrogen-bond donors (Lipinski definition) is 3. The minimum atomic E-state index is -3.53. The van der Waals surface area contributed by atoms with Crippen molar-refractivity contribution in [2.24, 2.45) is 23.5 Å². The van der Waals surface area contributed by atoms with Crippen LogP contribution in [-0.4, -0.2) is 39.5 Å². The van der Waals surface area contributed by atoms with Crippen molar-refractivity contribution < 1.29 is 22.8 Å². The Morgan fingerprint density at radius 3 is 2.30 bits per heavy atom. The number of anilines is 1. The molecular formula is C35H41N3O5S. The molecule has 1 saturated carbocycles. The summed E-state index contributed by atoms with van der Waals surface area (Å²) < 4.78 is 26.7. The normalized spacial score (nSPS) is 18.9. The molecule has 0 unspecified atom stereocenters. The van der Waals surface area contributed by atoms with Crippen molar-refractivity contribution in [3.05, 3.63) is 82.9 Å². The van der Waals surface area contributed by atoms with Crippen LogP contribution >= 0.6 is 0 Å². The van der Waals surface area contributed by atoms with Crippen LogP contribution in [0.15, 0.2) is 65.6 Å². The van der Waals surface area contributed by atoms with Crippen molar-refractivity contribution >= 4 is 33.2 Å². The molecule has 4 N–H and O–H groups in total. The van der Waals surface area contributed by atoms with E-state index in [0.717, 1.165) is 59.1 Å². The van der Waals surface area contributed by atoms with Gasteiger partial charge in [-0.15, -0.1) is 0 Å². The lowest BCUT2D eigenvalue weighted by Crippen LogP contribution is -2.31. The summed E-state index contributed by atoms with van der Waals surface area (Å²) in [4.78, 5) is 39.4. The number of fused-ring (bicyclic) bond motifs is 1. The Hall–Kier alpha value is -3.66. The topological polar surface area (TPSA) is 135 Å². The molecule has 3 aromatic rings. The van der Waals surface area contributed by atoms with Crippen molar-refractivity contribution in [3.63, 3.8) is 0 Å². The van der Waals surface area contributed by atoms with Gasteiger partial charge in [0.25, 0.3) is 0 Å². The molecule has 44 heavy (non-hydrogen) atoms. The maximum atomic E-state index is 13.7. The highest BCUT2D eigenvalue weighted by atomic mass is 32.2. The Balaban J connectivity index is 1.33. The second-order valence-corrected chi connectivity index (χ2v) is 14.1. The fraction of sp³-hybridized carbons (Fsp3) is 0.400. The van der Waals surface area contributed by atoms with Crippen LogP contribution in [0.1, 0.15) is 65.6 Å². The van der Waals surface area contributed by atoms with Crippen LogP contribution in [0.5, 0.6) is 0 Å². The molecule has 0 aromatic heterocycles. The van der Waals surface area contributed by atoms with Crippen LogP contribution in [0.4, 0.5) is 5.69 Å². The third-order valence-electron chi connectivity index (χ3n) is 9.27. The number of carbonyl (C=O) groups excluding carboxylic acids is 3. The second kappa shape index (κ2) is 13.5. The zero-order valence-electron chi connectivity index (χ0n) is 25.4. The van der Waals surface area contributed by atoms with E-state index in [0.29, 0.717) is 37.4 Å². The third-order valence-corrected chi connectivity index (χ3v) is 10.7. The van der Waals surface area contributed by atoms with Crippen molar-refractivity contribution in [1.82, 2.24) is 4.72 Å². The van der Waals surface area contributed by atoms with E-state index in [2.05, 4.69) is 10.0 Å². The van der Waals surface area contributed by atoms with Crippen LogP contribution in [0.3, 0.4) is 0 Å². The van der Waals surface area contributed by atoms with Gasteiger partial charge in [-0.05, 0) is 123 Å². The molecule has 2 aliphatic carbocycles. The SMILES string of the molecule is CNS(=O)(=O)c1ccc(-c2ccc(C[C@H](CC(=O)C3CCC(CN)CC3)C(=O)Nc3ccc4c(c3)CCC4=O)cc2)c(C)c1. The summed E-state index contributed by atoms with van der Waals surface area (Å²) in [5, 5.41) is 3.02. The lowest BCUT2D eigenvalue weighted by Gasteiger charge is -2.27. The molecule has 232 valence electrons. The molecule has 0 saturated heterocycles. The average molecular weight is 616 g/mol. The van der Waals surface area contributed by atoms with Gasteiger partial charge in [-0.3, -0.25) is 14.4 Å². The number of hydrogen-bond acceptors (Lipinski definition) is 6. The Morgan fingerprint density at radius 1 is 0.932 bits per heavy atom. The highest BCUT2D eigenvalue weighted by Crippen LogP contribution is 2.32. The van der Waals surface area contributed by atoms with Gasteiger partial charge in [-0.2, -0.15) is 0 Å². The van der Waals surface area contributed by atoms with Crippen LogP contribution < -0.4 is 15.8 Å². The lowest BCUT2D eigenvalue weighted by molar-refractivity contribution is -0.129. The van der Waals surface area contributed by atoms with Gasteiger partial charge in [0, 0.05) is 35.9 Å². The van der Waals surface area contributed by atoms with Crippen LogP contribution in [0.25, 0.3) is 11.1 Å². The first-order chi connectivity index (χ1) is 21.1. The highest BCUT2D eigenvalue weighted by molar-refractivity contribution is 7.89. The number of aryl methyl sites for hydroxylation is 2. The predicted octanol–water partition coefficient (Wildman–Crippen LogP) is 5.22. The first kappa shape index (κ1) is 31.8. The number of nitrogens with one attached hydrogen (secondary N) is 2. The van der Waals surface area contributed by atoms with Gasteiger partial charge in [-0.25, -0.2) is 13.1 Å². The molecule has 1 fully saturated rings.